The van der Waals surface area contributed by atoms with Gasteiger partial charge in [0.05, 0.1) is 6.54 Å². The molecule has 5 rings (SSSR count). The van der Waals surface area contributed by atoms with Gasteiger partial charge in [0, 0.05) is 18.9 Å². The number of aromatic nitrogens is 4. The Hall–Kier alpha value is -3.49. The van der Waals surface area contributed by atoms with Crippen molar-refractivity contribution in [1.29, 1.82) is 0 Å². The van der Waals surface area contributed by atoms with Crippen LogP contribution in [0.4, 0.5) is 10.6 Å². The number of hydrogen-bond acceptors (Lipinski definition) is 6. The number of nitrogens with one attached hydrogen (secondary N) is 2. The van der Waals surface area contributed by atoms with Crippen molar-refractivity contribution in [3.05, 3.63) is 54.1 Å². The van der Waals surface area contributed by atoms with Crippen LogP contribution in [0.25, 0.3) is 5.65 Å². The van der Waals surface area contributed by atoms with E-state index < -0.39 is 5.54 Å². The fourth-order valence-corrected chi connectivity index (χ4v) is 4.43. The van der Waals surface area contributed by atoms with Gasteiger partial charge >= 0.3 is 6.03 Å². The van der Waals surface area contributed by atoms with Gasteiger partial charge in [-0.1, -0.05) is 43.5 Å². The molecule has 3 aromatic rings. The van der Waals surface area contributed by atoms with Gasteiger partial charge in [-0.3, -0.25) is 14.1 Å². The Balaban J connectivity index is 1.34. The number of fused-ring (bicyclic) bond motifs is 1. The first-order chi connectivity index (χ1) is 14.7. The van der Waals surface area contributed by atoms with Crippen molar-refractivity contribution >= 4 is 23.4 Å². The fraction of sp³-hybridized carbons (Fsp3) is 0.381. The lowest BCUT2D eigenvalue weighted by Crippen LogP contribution is -2.48. The summed E-state index contributed by atoms with van der Waals surface area (Å²) in [5.74, 6) is 0.533. The van der Waals surface area contributed by atoms with Gasteiger partial charge in [0.2, 0.25) is 5.65 Å². The number of carbonyl (C=O) groups excluding carboxylic acids is 2. The number of nitrogens with zero attached hydrogens (tertiary/aromatic N) is 5. The van der Waals surface area contributed by atoms with Gasteiger partial charge in [0.25, 0.3) is 5.91 Å². The van der Waals surface area contributed by atoms with E-state index in [2.05, 4.69) is 25.8 Å². The molecule has 0 unspecified atom stereocenters. The van der Waals surface area contributed by atoms with Crippen molar-refractivity contribution in [2.24, 2.45) is 0 Å². The van der Waals surface area contributed by atoms with Gasteiger partial charge < -0.3 is 10.6 Å². The number of benzene rings is 1. The minimum absolute atomic E-state index is 0.0927. The molecule has 2 aliphatic rings. The van der Waals surface area contributed by atoms with Gasteiger partial charge in [0.1, 0.15) is 11.9 Å². The predicted molar refractivity (Wildman–Crippen MR) is 109 cm³/mol. The van der Waals surface area contributed by atoms with Crippen LogP contribution in [0.5, 0.6) is 0 Å². The van der Waals surface area contributed by atoms with Crippen LogP contribution in [-0.2, 0) is 17.9 Å². The molecule has 9 nitrogen and oxygen atoms in total. The summed E-state index contributed by atoms with van der Waals surface area (Å²) in [4.78, 5) is 31.4. The second kappa shape index (κ2) is 7.40. The molecule has 1 aliphatic heterocycles. The van der Waals surface area contributed by atoms with Crippen LogP contribution in [0.15, 0.2) is 43.0 Å². The Kier molecular flexibility index (Phi) is 4.57. The molecular formula is C21H23N7O2. The smallest absolute Gasteiger partial charge is 0.325 e. The van der Waals surface area contributed by atoms with Gasteiger partial charge in [-0.2, -0.15) is 0 Å². The monoisotopic (exact) mass is 405 g/mol. The van der Waals surface area contributed by atoms with E-state index in [0.717, 1.165) is 43.2 Å². The maximum absolute atomic E-state index is 13.1. The van der Waals surface area contributed by atoms with Crippen molar-refractivity contribution in [3.8, 4) is 0 Å². The molecule has 1 aromatic carbocycles. The summed E-state index contributed by atoms with van der Waals surface area (Å²) in [5, 5.41) is 14.3. The second-order valence-corrected chi connectivity index (χ2v) is 7.92. The molecule has 154 valence electrons. The average Bonchev–Trinajstić information content (AvgIpc) is 3.33. The summed E-state index contributed by atoms with van der Waals surface area (Å²) in [6.07, 6.45) is 9.61. The number of hydrogen-bond donors (Lipinski definition) is 2. The van der Waals surface area contributed by atoms with E-state index in [1.165, 1.54) is 4.90 Å². The number of carbonyl (C=O) groups is 2. The van der Waals surface area contributed by atoms with E-state index >= 15 is 0 Å². The third kappa shape index (κ3) is 3.16. The van der Waals surface area contributed by atoms with Crippen molar-refractivity contribution < 1.29 is 9.59 Å². The molecule has 0 bridgehead atoms. The first-order valence-electron chi connectivity index (χ1n) is 10.3. The van der Waals surface area contributed by atoms with Crippen molar-refractivity contribution in [2.75, 3.05) is 5.32 Å². The first-order valence-corrected chi connectivity index (χ1v) is 10.3. The minimum Gasteiger partial charge on any atom is -0.363 e. The number of imide groups is 1. The van der Waals surface area contributed by atoms with Crippen LogP contribution < -0.4 is 10.6 Å². The summed E-state index contributed by atoms with van der Waals surface area (Å²) in [7, 11) is 0. The quantitative estimate of drug-likeness (QED) is 0.632. The number of anilines is 1. The third-order valence-corrected chi connectivity index (χ3v) is 6.06. The van der Waals surface area contributed by atoms with E-state index in [0.29, 0.717) is 18.0 Å². The van der Waals surface area contributed by atoms with Crippen LogP contribution in [0.2, 0.25) is 0 Å². The molecule has 1 saturated heterocycles. The molecule has 1 saturated carbocycles. The molecule has 3 heterocycles. The zero-order valence-corrected chi connectivity index (χ0v) is 16.5. The molecule has 2 fully saturated rings. The summed E-state index contributed by atoms with van der Waals surface area (Å²) in [6, 6.07) is 7.51. The highest BCUT2D eigenvalue weighted by molar-refractivity contribution is 6.07. The predicted octanol–water partition coefficient (Wildman–Crippen LogP) is 2.49. The molecule has 3 amide bonds. The normalized spacial score (nSPS) is 18.2. The van der Waals surface area contributed by atoms with Crippen LogP contribution in [-0.4, -0.2) is 42.0 Å². The van der Waals surface area contributed by atoms with E-state index in [4.69, 9.17) is 0 Å². The highest BCUT2D eigenvalue weighted by atomic mass is 16.2. The molecule has 9 heteroatoms. The number of amides is 3. The van der Waals surface area contributed by atoms with Crippen molar-refractivity contribution in [1.82, 2.24) is 29.8 Å². The summed E-state index contributed by atoms with van der Waals surface area (Å²) in [6.45, 7) is 0.747. The molecule has 0 radical (unpaired) electrons. The fourth-order valence-electron chi connectivity index (χ4n) is 4.43. The van der Waals surface area contributed by atoms with Crippen LogP contribution in [0.3, 0.4) is 0 Å². The SMILES string of the molecule is O=C1NC2(CCCCC2)C(=O)N1Cc1ccccc1CNc1nccn2cnnc12. The molecule has 2 N–H and O–H groups in total. The first kappa shape index (κ1) is 18.5. The van der Waals surface area contributed by atoms with Crippen LogP contribution in [0, 0.1) is 0 Å². The third-order valence-electron chi connectivity index (χ3n) is 6.06. The van der Waals surface area contributed by atoms with E-state index in [1.807, 2.05) is 24.3 Å². The Bertz CT molecular complexity index is 1100. The maximum Gasteiger partial charge on any atom is 0.325 e. The molecule has 2 aromatic heterocycles. The molecular weight excluding hydrogens is 382 g/mol. The van der Waals surface area contributed by atoms with E-state index in [9.17, 15) is 9.59 Å². The van der Waals surface area contributed by atoms with Crippen LogP contribution in [0.1, 0.15) is 43.2 Å². The zero-order chi connectivity index (χ0) is 20.6. The maximum atomic E-state index is 13.1. The summed E-state index contributed by atoms with van der Waals surface area (Å²) < 4.78 is 1.79. The van der Waals surface area contributed by atoms with Gasteiger partial charge in [-0.25, -0.2) is 9.78 Å². The van der Waals surface area contributed by atoms with Gasteiger partial charge in [-0.15, -0.1) is 10.2 Å². The van der Waals surface area contributed by atoms with Crippen molar-refractivity contribution in [2.45, 2.75) is 50.7 Å². The molecule has 0 atom stereocenters. The van der Waals surface area contributed by atoms with E-state index in [1.54, 1.807) is 23.1 Å². The van der Waals surface area contributed by atoms with Gasteiger partial charge in [-0.05, 0) is 24.0 Å². The summed E-state index contributed by atoms with van der Waals surface area (Å²) >= 11 is 0. The zero-order valence-electron chi connectivity index (χ0n) is 16.5. The van der Waals surface area contributed by atoms with Gasteiger partial charge in [0.15, 0.2) is 5.82 Å². The number of urea groups is 1. The van der Waals surface area contributed by atoms with E-state index in [-0.39, 0.29) is 18.5 Å². The molecule has 1 spiro atoms. The second-order valence-electron chi connectivity index (χ2n) is 7.92. The lowest BCUT2D eigenvalue weighted by atomic mass is 9.81. The summed E-state index contributed by atoms with van der Waals surface area (Å²) in [5.41, 5.74) is 1.86. The Morgan fingerprint density at radius 1 is 1.10 bits per heavy atom. The molecule has 1 aliphatic carbocycles. The largest absolute Gasteiger partial charge is 0.363 e. The lowest BCUT2D eigenvalue weighted by Gasteiger charge is -2.30. The average molecular weight is 405 g/mol. The molecule has 30 heavy (non-hydrogen) atoms. The lowest BCUT2D eigenvalue weighted by molar-refractivity contribution is -0.132. The number of rotatable bonds is 5. The topological polar surface area (TPSA) is 105 Å². The van der Waals surface area contributed by atoms with Crippen LogP contribution >= 0.6 is 0 Å². The Morgan fingerprint density at radius 2 is 1.90 bits per heavy atom. The highest BCUT2D eigenvalue weighted by Gasteiger charge is 2.51. The Morgan fingerprint density at radius 3 is 2.73 bits per heavy atom. The highest BCUT2D eigenvalue weighted by Crippen LogP contribution is 2.34. The minimum atomic E-state index is -0.699. The van der Waals surface area contributed by atoms with Crippen molar-refractivity contribution in [3.63, 3.8) is 0 Å². The Labute approximate surface area is 173 Å². The standard InChI is InChI=1S/C21H23N7O2/c29-19-21(8-4-1-5-9-21)25-20(30)28(19)13-16-7-3-2-6-15(16)12-23-17-18-26-24-14-27(18)11-10-22-17/h2-3,6-7,10-11,14H,1,4-5,8-9,12-13H2,(H,22,23)(H,25,30).